The van der Waals surface area contributed by atoms with Crippen LogP contribution in [0.15, 0.2) is 28.7 Å². The van der Waals surface area contributed by atoms with Gasteiger partial charge in [0.05, 0.1) is 6.54 Å². The van der Waals surface area contributed by atoms with E-state index in [9.17, 15) is 14.7 Å². The molecule has 6 heteroatoms. The van der Waals surface area contributed by atoms with E-state index in [4.69, 9.17) is 10.2 Å². The van der Waals surface area contributed by atoms with Crippen LogP contribution in [-0.2, 0) is 11.3 Å². The fourth-order valence-electron chi connectivity index (χ4n) is 2.10. The van der Waals surface area contributed by atoms with E-state index in [2.05, 4.69) is 5.32 Å². The van der Waals surface area contributed by atoms with E-state index in [-0.39, 0.29) is 24.6 Å². The molecule has 4 N–H and O–H groups in total. The molecule has 20 heavy (non-hydrogen) atoms. The lowest BCUT2D eigenvalue weighted by Crippen LogP contribution is -2.30. The molecule has 0 fully saturated rings. The van der Waals surface area contributed by atoms with Crippen LogP contribution in [0.5, 0.6) is 0 Å². The number of primary amides is 1. The average molecular weight is 276 g/mol. The highest BCUT2D eigenvalue weighted by Crippen LogP contribution is 2.25. The maximum Gasteiger partial charge on any atom is 0.339 e. The quantitative estimate of drug-likeness (QED) is 0.741. The molecule has 6 nitrogen and oxygen atoms in total. The van der Waals surface area contributed by atoms with Gasteiger partial charge < -0.3 is 20.6 Å². The molecule has 0 aliphatic carbocycles. The maximum atomic E-state index is 11.4. The number of carboxylic acids is 1. The molecule has 2 aromatic rings. The molecule has 1 heterocycles. The summed E-state index contributed by atoms with van der Waals surface area (Å²) in [6.07, 6.45) is 0.183. The minimum absolute atomic E-state index is 0.151. The number of rotatable bonds is 6. The fraction of sp³-hybridized carbons (Fsp3) is 0.286. The molecule has 0 spiro atoms. The fourth-order valence-corrected chi connectivity index (χ4v) is 2.10. The van der Waals surface area contributed by atoms with E-state index in [0.717, 1.165) is 0 Å². The SMILES string of the molecule is CC(CC(N)=O)NCc1oc2ccccc2c1C(=O)O. The summed E-state index contributed by atoms with van der Waals surface area (Å²) in [5.74, 6) is -1.10. The molecular formula is C14H16N2O4. The average Bonchev–Trinajstić information content (AvgIpc) is 2.73. The molecule has 0 bridgehead atoms. The molecule has 106 valence electrons. The summed E-state index contributed by atoms with van der Waals surface area (Å²) in [5.41, 5.74) is 5.79. The summed E-state index contributed by atoms with van der Waals surface area (Å²) in [4.78, 5) is 22.2. The van der Waals surface area contributed by atoms with E-state index in [0.29, 0.717) is 16.7 Å². The van der Waals surface area contributed by atoms with E-state index < -0.39 is 11.9 Å². The molecule has 0 radical (unpaired) electrons. The molecule has 2 rings (SSSR count). The second-order valence-corrected chi connectivity index (χ2v) is 4.65. The Bertz CT molecular complexity index is 648. The lowest BCUT2D eigenvalue weighted by Gasteiger charge is -2.10. The van der Waals surface area contributed by atoms with Crippen molar-refractivity contribution >= 4 is 22.8 Å². The number of nitrogens with one attached hydrogen (secondary N) is 1. The lowest BCUT2D eigenvalue weighted by molar-refractivity contribution is -0.118. The first kappa shape index (κ1) is 14.1. The molecule has 0 saturated heterocycles. The molecule has 1 unspecified atom stereocenters. The normalized spacial score (nSPS) is 12.4. The highest BCUT2D eigenvalue weighted by Gasteiger charge is 2.20. The number of hydrogen-bond acceptors (Lipinski definition) is 4. The second-order valence-electron chi connectivity index (χ2n) is 4.65. The molecule has 0 saturated carbocycles. The minimum atomic E-state index is -1.03. The Labute approximate surface area is 115 Å². The van der Waals surface area contributed by atoms with Crippen molar-refractivity contribution in [3.05, 3.63) is 35.6 Å². The predicted octanol–water partition coefficient (Wildman–Crippen LogP) is 1.48. The third-order valence-electron chi connectivity index (χ3n) is 3.00. The van der Waals surface area contributed by atoms with Crippen LogP contribution in [0.3, 0.4) is 0 Å². The summed E-state index contributed by atoms with van der Waals surface area (Å²) in [6.45, 7) is 2.03. The van der Waals surface area contributed by atoms with Gasteiger partial charge in [-0.05, 0) is 13.0 Å². The number of carboxylic acid groups (broad SMARTS) is 1. The van der Waals surface area contributed by atoms with E-state index in [1.54, 1.807) is 31.2 Å². The Morgan fingerprint density at radius 2 is 2.10 bits per heavy atom. The zero-order chi connectivity index (χ0) is 14.7. The minimum Gasteiger partial charge on any atom is -0.478 e. The van der Waals surface area contributed by atoms with Crippen molar-refractivity contribution in [2.75, 3.05) is 0 Å². The highest BCUT2D eigenvalue weighted by molar-refractivity contribution is 6.03. The Morgan fingerprint density at radius 3 is 2.75 bits per heavy atom. The topological polar surface area (TPSA) is 106 Å². The molecule has 0 aliphatic heterocycles. The van der Waals surface area contributed by atoms with Gasteiger partial charge in [-0.2, -0.15) is 0 Å². The number of benzene rings is 1. The Kier molecular flexibility index (Phi) is 4.05. The zero-order valence-electron chi connectivity index (χ0n) is 11.1. The third-order valence-corrected chi connectivity index (χ3v) is 3.00. The number of amides is 1. The van der Waals surface area contributed by atoms with Crippen molar-refractivity contribution < 1.29 is 19.1 Å². The van der Waals surface area contributed by atoms with Gasteiger partial charge in [0.15, 0.2) is 0 Å². The van der Waals surface area contributed by atoms with Crippen LogP contribution in [0.2, 0.25) is 0 Å². The molecule has 1 amide bonds. The highest BCUT2D eigenvalue weighted by atomic mass is 16.4. The summed E-state index contributed by atoms with van der Waals surface area (Å²) in [5, 5.41) is 12.9. The first-order valence-corrected chi connectivity index (χ1v) is 6.24. The van der Waals surface area contributed by atoms with E-state index >= 15 is 0 Å². The van der Waals surface area contributed by atoms with Crippen LogP contribution < -0.4 is 11.1 Å². The van der Waals surface area contributed by atoms with Gasteiger partial charge in [0.2, 0.25) is 5.91 Å². The number of furan rings is 1. The summed E-state index contributed by atoms with van der Waals surface area (Å²) >= 11 is 0. The predicted molar refractivity (Wildman–Crippen MR) is 73.3 cm³/mol. The van der Waals surface area contributed by atoms with E-state index in [1.165, 1.54) is 0 Å². The number of nitrogens with two attached hydrogens (primary N) is 1. The maximum absolute atomic E-state index is 11.4. The second kappa shape index (κ2) is 5.75. The van der Waals surface area contributed by atoms with Crippen molar-refractivity contribution in [3.63, 3.8) is 0 Å². The van der Waals surface area contributed by atoms with Crippen molar-refractivity contribution in [3.8, 4) is 0 Å². The lowest BCUT2D eigenvalue weighted by atomic mass is 10.1. The summed E-state index contributed by atoms with van der Waals surface area (Å²) in [6, 6.07) is 6.82. The Balaban J connectivity index is 2.23. The number of fused-ring (bicyclic) bond motifs is 1. The van der Waals surface area contributed by atoms with Gasteiger partial charge in [-0.15, -0.1) is 0 Å². The number of aromatic carboxylic acids is 1. The van der Waals surface area contributed by atoms with Crippen molar-refractivity contribution in [2.24, 2.45) is 5.73 Å². The van der Waals surface area contributed by atoms with Crippen LogP contribution in [-0.4, -0.2) is 23.0 Å². The van der Waals surface area contributed by atoms with Crippen molar-refractivity contribution in [1.29, 1.82) is 0 Å². The number of hydrogen-bond donors (Lipinski definition) is 3. The number of carbonyl (C=O) groups is 2. The zero-order valence-corrected chi connectivity index (χ0v) is 11.1. The smallest absolute Gasteiger partial charge is 0.339 e. The van der Waals surface area contributed by atoms with Crippen LogP contribution in [0.4, 0.5) is 0 Å². The molecule has 1 aromatic heterocycles. The summed E-state index contributed by atoms with van der Waals surface area (Å²) in [7, 11) is 0. The van der Waals surface area contributed by atoms with Crippen LogP contribution in [0, 0.1) is 0 Å². The van der Waals surface area contributed by atoms with Gasteiger partial charge in [-0.3, -0.25) is 4.79 Å². The summed E-state index contributed by atoms with van der Waals surface area (Å²) < 4.78 is 5.56. The Morgan fingerprint density at radius 1 is 1.40 bits per heavy atom. The van der Waals surface area contributed by atoms with Crippen molar-refractivity contribution in [2.45, 2.75) is 25.9 Å². The first-order chi connectivity index (χ1) is 9.49. The van der Waals surface area contributed by atoms with Gasteiger partial charge in [0.1, 0.15) is 16.9 Å². The van der Waals surface area contributed by atoms with Gasteiger partial charge >= 0.3 is 5.97 Å². The van der Waals surface area contributed by atoms with Gasteiger partial charge in [0.25, 0.3) is 0 Å². The van der Waals surface area contributed by atoms with Crippen LogP contribution >= 0.6 is 0 Å². The van der Waals surface area contributed by atoms with Gasteiger partial charge in [0, 0.05) is 17.8 Å². The van der Waals surface area contributed by atoms with Gasteiger partial charge in [-0.25, -0.2) is 4.79 Å². The van der Waals surface area contributed by atoms with Crippen molar-refractivity contribution in [1.82, 2.24) is 5.32 Å². The molecule has 0 aliphatic rings. The number of carbonyl (C=O) groups excluding carboxylic acids is 1. The van der Waals surface area contributed by atoms with Gasteiger partial charge in [-0.1, -0.05) is 18.2 Å². The number of para-hydroxylation sites is 1. The standard InChI is InChI=1S/C14H16N2O4/c1-8(6-12(15)17)16-7-11-13(14(18)19)9-4-2-3-5-10(9)20-11/h2-5,8,16H,6-7H2,1H3,(H2,15,17)(H,18,19). The van der Waals surface area contributed by atoms with Crippen LogP contribution in [0.1, 0.15) is 29.5 Å². The Hall–Kier alpha value is -2.34. The monoisotopic (exact) mass is 276 g/mol. The van der Waals surface area contributed by atoms with E-state index in [1.807, 2.05) is 0 Å². The molecular weight excluding hydrogens is 260 g/mol. The largest absolute Gasteiger partial charge is 0.478 e. The molecule has 1 atom stereocenters. The first-order valence-electron chi connectivity index (χ1n) is 6.24. The van der Waals surface area contributed by atoms with Crippen LogP contribution in [0.25, 0.3) is 11.0 Å². The molecule has 1 aromatic carbocycles. The third kappa shape index (κ3) is 2.97.